The second-order valence-corrected chi connectivity index (χ2v) is 11.3. The number of nitrogens with zero attached hydrogens (tertiary/aromatic N) is 3. The molecule has 242 valence electrons. The molecule has 1 aliphatic carbocycles. The number of Topliss-reactive ketones (excluding diaryl/α,β-unsaturated/α-hetero) is 1. The monoisotopic (exact) mass is 647 g/mol. The van der Waals surface area contributed by atoms with Gasteiger partial charge in [0.2, 0.25) is 0 Å². The summed E-state index contributed by atoms with van der Waals surface area (Å²) in [6.45, 7) is 3.96. The standard InChI is InChI=1S/C34H29F4N5O4/c1-19-11-22(14-31(47-19)33(7-8-33)34(36,37)38)32(39)28(44)13-20-3-4-21(12-24(20)35)27-17-41-25-15-30(29(45-2)16-26(25)43-27)46-10-6-23-5-9-40-18-42-23/h3-5,9,11-12,14-18,23,39H,1,6-8,10,13H2,2H3,(H,40,42). The van der Waals surface area contributed by atoms with Crippen LogP contribution < -0.4 is 14.8 Å². The molecule has 3 aliphatic rings. The van der Waals surface area contributed by atoms with Gasteiger partial charge in [-0.05, 0) is 48.9 Å². The van der Waals surface area contributed by atoms with Crippen LogP contribution in [0.3, 0.4) is 0 Å². The Morgan fingerprint density at radius 3 is 2.64 bits per heavy atom. The maximum Gasteiger partial charge on any atom is 0.401 e. The zero-order valence-corrected chi connectivity index (χ0v) is 25.2. The van der Waals surface area contributed by atoms with Crippen LogP contribution in [0.15, 0.2) is 89.6 Å². The highest BCUT2D eigenvalue weighted by molar-refractivity contribution is 6.46. The predicted octanol–water partition coefficient (Wildman–Crippen LogP) is 6.56. The number of fused-ring (bicyclic) bond motifs is 1. The van der Waals surface area contributed by atoms with Crippen molar-refractivity contribution in [2.75, 3.05) is 13.7 Å². The summed E-state index contributed by atoms with van der Waals surface area (Å²) in [5.74, 6) is -1.05. The maximum atomic E-state index is 15.3. The molecule has 1 atom stereocenters. The van der Waals surface area contributed by atoms with Gasteiger partial charge in [-0.1, -0.05) is 18.7 Å². The van der Waals surface area contributed by atoms with Crippen LogP contribution in [0.5, 0.6) is 11.5 Å². The Morgan fingerprint density at radius 2 is 1.96 bits per heavy atom. The van der Waals surface area contributed by atoms with E-state index >= 15 is 4.39 Å². The van der Waals surface area contributed by atoms with E-state index in [9.17, 15) is 18.0 Å². The van der Waals surface area contributed by atoms with Crippen molar-refractivity contribution in [3.05, 3.63) is 96.0 Å². The molecule has 1 unspecified atom stereocenters. The minimum Gasteiger partial charge on any atom is -0.493 e. The molecule has 1 saturated carbocycles. The normalized spacial score (nSPS) is 18.1. The number of carbonyl (C=O) groups excluding carboxylic acids is 1. The smallest absolute Gasteiger partial charge is 0.401 e. The van der Waals surface area contributed by atoms with Crippen molar-refractivity contribution in [1.82, 2.24) is 15.3 Å². The molecule has 2 aromatic carbocycles. The van der Waals surface area contributed by atoms with Crippen LogP contribution in [0.2, 0.25) is 0 Å². The number of aliphatic imine (C=N–C) groups is 1. The molecule has 0 radical (unpaired) electrons. The van der Waals surface area contributed by atoms with Crippen LogP contribution in [-0.4, -0.2) is 53.7 Å². The summed E-state index contributed by atoms with van der Waals surface area (Å²) >= 11 is 0. The fourth-order valence-corrected chi connectivity index (χ4v) is 5.29. The number of ether oxygens (including phenoxy) is 3. The first-order valence-electron chi connectivity index (χ1n) is 14.7. The molecule has 3 aromatic rings. The fourth-order valence-electron chi connectivity index (χ4n) is 5.29. The number of hydrogen-bond acceptors (Lipinski definition) is 9. The first-order chi connectivity index (χ1) is 22.5. The highest BCUT2D eigenvalue weighted by Gasteiger charge is 2.67. The van der Waals surface area contributed by atoms with Crippen molar-refractivity contribution in [1.29, 1.82) is 5.41 Å². The number of methoxy groups -OCH3 is 1. The lowest BCUT2D eigenvalue weighted by atomic mass is 9.94. The van der Waals surface area contributed by atoms with E-state index in [0.29, 0.717) is 46.8 Å². The van der Waals surface area contributed by atoms with Crippen molar-refractivity contribution in [2.24, 2.45) is 10.4 Å². The van der Waals surface area contributed by atoms with Crippen molar-refractivity contribution in [3.8, 4) is 22.8 Å². The number of halogens is 4. The van der Waals surface area contributed by atoms with E-state index in [4.69, 9.17) is 19.6 Å². The molecule has 6 rings (SSSR count). The summed E-state index contributed by atoms with van der Waals surface area (Å²) in [7, 11) is 1.51. The molecule has 13 heteroatoms. The van der Waals surface area contributed by atoms with E-state index in [1.807, 2.05) is 12.3 Å². The third kappa shape index (κ3) is 6.51. The van der Waals surface area contributed by atoms with E-state index in [-0.39, 0.29) is 41.5 Å². The Kier molecular flexibility index (Phi) is 8.39. The predicted molar refractivity (Wildman–Crippen MR) is 167 cm³/mol. The highest BCUT2D eigenvalue weighted by Crippen LogP contribution is 2.63. The number of alkyl halides is 3. The van der Waals surface area contributed by atoms with Gasteiger partial charge in [0.1, 0.15) is 28.5 Å². The molecule has 0 amide bonds. The van der Waals surface area contributed by atoms with E-state index in [0.717, 1.165) is 6.08 Å². The molecule has 47 heavy (non-hydrogen) atoms. The molecule has 0 saturated heterocycles. The van der Waals surface area contributed by atoms with Gasteiger partial charge in [0.25, 0.3) is 0 Å². The summed E-state index contributed by atoms with van der Waals surface area (Å²) in [6, 6.07) is 7.60. The minimum absolute atomic E-state index is 0.0102. The second-order valence-electron chi connectivity index (χ2n) is 11.3. The van der Waals surface area contributed by atoms with Crippen LogP contribution in [0.1, 0.15) is 24.8 Å². The summed E-state index contributed by atoms with van der Waals surface area (Å²) in [4.78, 5) is 26.4. The molecular weight excluding hydrogens is 618 g/mol. The molecule has 0 spiro atoms. The van der Waals surface area contributed by atoms with E-state index in [2.05, 4.69) is 26.9 Å². The van der Waals surface area contributed by atoms with Crippen LogP contribution >= 0.6 is 0 Å². The second kappa shape index (κ2) is 12.5. The number of rotatable bonds is 11. The third-order valence-electron chi connectivity index (χ3n) is 8.13. The molecular formula is C34H29F4N5O4. The zero-order valence-electron chi connectivity index (χ0n) is 25.2. The van der Waals surface area contributed by atoms with Gasteiger partial charge < -0.3 is 19.5 Å². The summed E-state index contributed by atoms with van der Waals surface area (Å²) in [5.41, 5.74) is -0.977. The van der Waals surface area contributed by atoms with Crippen LogP contribution in [0.25, 0.3) is 22.3 Å². The number of hydrogen-bond donors (Lipinski definition) is 2. The number of carbonyl (C=O) groups is 1. The maximum absolute atomic E-state index is 15.3. The molecule has 0 bridgehead atoms. The lowest BCUT2D eigenvalue weighted by Crippen LogP contribution is -2.29. The Morgan fingerprint density at radius 1 is 1.17 bits per heavy atom. The fraction of sp³-hybridized carbons (Fsp3) is 0.265. The first kappa shape index (κ1) is 31.6. The van der Waals surface area contributed by atoms with Crippen LogP contribution in [0.4, 0.5) is 17.6 Å². The van der Waals surface area contributed by atoms with E-state index < -0.39 is 35.3 Å². The number of aromatic nitrogens is 2. The molecule has 3 heterocycles. The zero-order chi connectivity index (χ0) is 33.3. The van der Waals surface area contributed by atoms with Gasteiger partial charge in [0.05, 0.1) is 49.0 Å². The van der Waals surface area contributed by atoms with E-state index in [1.165, 1.54) is 31.5 Å². The Balaban J connectivity index is 1.15. The molecule has 2 aliphatic heterocycles. The average Bonchev–Trinajstić information content (AvgIpc) is 3.88. The van der Waals surface area contributed by atoms with Crippen LogP contribution in [0, 0.1) is 16.6 Å². The van der Waals surface area contributed by atoms with Crippen molar-refractivity contribution >= 4 is 28.9 Å². The Bertz CT molecular complexity index is 1900. The van der Waals surface area contributed by atoms with E-state index in [1.54, 1.807) is 24.5 Å². The van der Waals surface area contributed by atoms with Gasteiger partial charge in [-0.25, -0.2) is 9.37 Å². The topological polar surface area (TPSA) is 119 Å². The first-order valence-corrected chi connectivity index (χ1v) is 14.7. The Labute approximate surface area is 266 Å². The van der Waals surface area contributed by atoms with Crippen LogP contribution in [-0.2, 0) is 16.0 Å². The average molecular weight is 648 g/mol. The molecule has 9 nitrogen and oxygen atoms in total. The number of nitrogens with one attached hydrogen (secondary N) is 2. The summed E-state index contributed by atoms with van der Waals surface area (Å²) in [6.07, 6.45) is 4.49. The quantitative estimate of drug-likeness (QED) is 0.179. The molecule has 1 fully saturated rings. The third-order valence-corrected chi connectivity index (χ3v) is 8.13. The molecule has 1 aromatic heterocycles. The Hall–Kier alpha value is -5.33. The van der Waals surface area contributed by atoms with Gasteiger partial charge in [-0.3, -0.25) is 20.2 Å². The summed E-state index contributed by atoms with van der Waals surface area (Å²) in [5, 5.41) is 11.2. The number of allylic oxidation sites excluding steroid dienone is 4. The van der Waals surface area contributed by atoms with Crippen molar-refractivity contribution in [2.45, 2.75) is 37.9 Å². The minimum atomic E-state index is -4.54. The van der Waals surface area contributed by atoms with Gasteiger partial charge in [-0.2, -0.15) is 13.2 Å². The van der Waals surface area contributed by atoms with Gasteiger partial charge in [0.15, 0.2) is 17.3 Å². The van der Waals surface area contributed by atoms with Crippen molar-refractivity contribution in [3.63, 3.8) is 0 Å². The van der Waals surface area contributed by atoms with Crippen molar-refractivity contribution < 1.29 is 36.6 Å². The summed E-state index contributed by atoms with van der Waals surface area (Å²) < 4.78 is 72.9. The SMILES string of the molecule is C=C1C=C(C(=N)C(=O)Cc2ccc(-c3cnc4cc(OCCC5C=CNC=N5)c(OC)cc4n3)cc2F)C=C(C2(C(F)(F)F)CC2)O1. The van der Waals surface area contributed by atoms with Gasteiger partial charge in [-0.15, -0.1) is 0 Å². The van der Waals surface area contributed by atoms with Gasteiger partial charge in [0, 0.05) is 36.1 Å². The highest BCUT2D eigenvalue weighted by atomic mass is 19.4. The number of benzene rings is 2. The largest absolute Gasteiger partial charge is 0.493 e. The molecule has 2 N–H and O–H groups in total. The van der Waals surface area contributed by atoms with Gasteiger partial charge >= 0.3 is 6.18 Å². The lowest BCUT2D eigenvalue weighted by Gasteiger charge is -2.26. The number of ketones is 1. The lowest BCUT2D eigenvalue weighted by molar-refractivity contribution is -0.183.